The number of hydrogen-bond acceptors (Lipinski definition) is 2. The number of ether oxygens (including phenoxy) is 1. The molecular formula is C17H20Br2ClNO. The van der Waals surface area contributed by atoms with Crippen molar-refractivity contribution in [2.24, 2.45) is 0 Å². The maximum absolute atomic E-state index is 5.59. The Bertz CT molecular complexity index is 579. The van der Waals surface area contributed by atoms with Crippen molar-refractivity contribution < 1.29 is 4.74 Å². The van der Waals surface area contributed by atoms with E-state index < -0.39 is 0 Å². The third-order valence-corrected chi connectivity index (χ3v) is 4.30. The molecule has 22 heavy (non-hydrogen) atoms. The monoisotopic (exact) mass is 447 g/mol. The molecule has 0 spiro atoms. The molecule has 2 nitrogen and oxygen atoms in total. The Morgan fingerprint density at radius 3 is 2.05 bits per heavy atom. The van der Waals surface area contributed by atoms with Gasteiger partial charge in [-0.1, -0.05) is 29.8 Å². The number of benzene rings is 2. The maximum Gasteiger partial charge on any atom is 0.147 e. The van der Waals surface area contributed by atoms with Crippen LogP contribution in [0.3, 0.4) is 0 Å². The van der Waals surface area contributed by atoms with E-state index in [1.54, 1.807) is 0 Å². The average Bonchev–Trinajstić information content (AvgIpc) is 2.45. The van der Waals surface area contributed by atoms with E-state index in [1.165, 1.54) is 16.7 Å². The van der Waals surface area contributed by atoms with E-state index in [1.807, 2.05) is 6.92 Å². The van der Waals surface area contributed by atoms with Crippen LogP contribution in [-0.2, 0) is 13.1 Å². The van der Waals surface area contributed by atoms with Crippen LogP contribution < -0.4 is 10.1 Å². The van der Waals surface area contributed by atoms with E-state index in [0.717, 1.165) is 27.8 Å². The van der Waals surface area contributed by atoms with Crippen molar-refractivity contribution in [3.05, 3.63) is 62.0 Å². The first-order valence-electron chi connectivity index (χ1n) is 6.97. The van der Waals surface area contributed by atoms with Crippen molar-refractivity contribution in [1.82, 2.24) is 5.32 Å². The number of aryl methyl sites for hydroxylation is 1. The lowest BCUT2D eigenvalue weighted by molar-refractivity contribution is 0.336. The Hall–Kier alpha value is -0.550. The van der Waals surface area contributed by atoms with Crippen molar-refractivity contribution in [3.63, 3.8) is 0 Å². The minimum atomic E-state index is 0. The van der Waals surface area contributed by atoms with Gasteiger partial charge in [0.1, 0.15) is 5.75 Å². The van der Waals surface area contributed by atoms with Gasteiger partial charge in [0.15, 0.2) is 0 Å². The van der Waals surface area contributed by atoms with Gasteiger partial charge >= 0.3 is 0 Å². The summed E-state index contributed by atoms with van der Waals surface area (Å²) in [5.74, 6) is 0.861. The van der Waals surface area contributed by atoms with Crippen LogP contribution in [0.2, 0.25) is 0 Å². The number of halogens is 3. The Morgan fingerprint density at radius 2 is 1.50 bits per heavy atom. The van der Waals surface area contributed by atoms with Crippen LogP contribution in [0.25, 0.3) is 0 Å². The molecule has 0 saturated heterocycles. The summed E-state index contributed by atoms with van der Waals surface area (Å²) in [5, 5.41) is 3.46. The summed E-state index contributed by atoms with van der Waals surface area (Å²) in [6.07, 6.45) is 0. The fraction of sp³-hybridized carbons (Fsp3) is 0.294. The van der Waals surface area contributed by atoms with Crippen molar-refractivity contribution in [2.75, 3.05) is 6.61 Å². The lowest BCUT2D eigenvalue weighted by Gasteiger charge is -2.11. The molecule has 0 aliphatic heterocycles. The number of hydrogen-bond donors (Lipinski definition) is 1. The molecule has 0 atom stereocenters. The fourth-order valence-electron chi connectivity index (χ4n) is 2.05. The van der Waals surface area contributed by atoms with Gasteiger partial charge in [-0.15, -0.1) is 12.4 Å². The highest BCUT2D eigenvalue weighted by Gasteiger charge is 2.08. The van der Waals surface area contributed by atoms with E-state index in [-0.39, 0.29) is 12.4 Å². The third kappa shape index (κ3) is 5.58. The molecule has 2 rings (SSSR count). The molecule has 120 valence electrons. The Balaban J connectivity index is 0.00000242. The highest BCUT2D eigenvalue weighted by Crippen LogP contribution is 2.34. The molecule has 0 aromatic heterocycles. The standard InChI is InChI=1S/C17H19Br2NO.ClH/c1-3-21-17-15(18)8-14(9-16(17)19)11-20-10-13-6-4-12(2)5-7-13;/h4-9,20H,3,10-11H2,1-2H3;1H. The fourth-order valence-corrected chi connectivity index (χ4v) is 3.56. The molecule has 2 aromatic carbocycles. The molecule has 0 fully saturated rings. The van der Waals surface area contributed by atoms with Gasteiger partial charge in [0.05, 0.1) is 15.6 Å². The molecule has 0 saturated carbocycles. The van der Waals surface area contributed by atoms with Gasteiger partial charge < -0.3 is 10.1 Å². The van der Waals surface area contributed by atoms with Gasteiger partial charge in [0.25, 0.3) is 0 Å². The van der Waals surface area contributed by atoms with E-state index in [0.29, 0.717) is 6.61 Å². The predicted octanol–water partition coefficient (Wildman–Crippen LogP) is 5.63. The van der Waals surface area contributed by atoms with E-state index in [2.05, 4.69) is 80.5 Å². The summed E-state index contributed by atoms with van der Waals surface area (Å²) >= 11 is 7.12. The smallest absolute Gasteiger partial charge is 0.147 e. The van der Waals surface area contributed by atoms with Crippen molar-refractivity contribution in [3.8, 4) is 5.75 Å². The molecule has 1 N–H and O–H groups in total. The van der Waals surface area contributed by atoms with E-state index in [9.17, 15) is 0 Å². The molecule has 0 unspecified atom stereocenters. The van der Waals surface area contributed by atoms with Gasteiger partial charge in [-0.25, -0.2) is 0 Å². The lowest BCUT2D eigenvalue weighted by Crippen LogP contribution is -2.12. The summed E-state index contributed by atoms with van der Waals surface area (Å²) in [5.41, 5.74) is 3.80. The summed E-state index contributed by atoms with van der Waals surface area (Å²) in [6.45, 7) is 6.42. The van der Waals surface area contributed by atoms with Crippen LogP contribution in [-0.4, -0.2) is 6.61 Å². The molecule has 5 heteroatoms. The summed E-state index contributed by atoms with van der Waals surface area (Å²) < 4.78 is 7.55. The molecule has 0 radical (unpaired) electrons. The molecule has 0 aliphatic rings. The van der Waals surface area contributed by atoms with Crippen LogP contribution in [0, 0.1) is 6.92 Å². The van der Waals surface area contributed by atoms with E-state index >= 15 is 0 Å². The summed E-state index contributed by atoms with van der Waals surface area (Å²) in [4.78, 5) is 0. The normalized spacial score (nSPS) is 10.2. The van der Waals surface area contributed by atoms with Crippen molar-refractivity contribution in [1.29, 1.82) is 0 Å². The molecular weight excluding hydrogens is 429 g/mol. The Labute approximate surface area is 155 Å². The SMILES string of the molecule is CCOc1c(Br)cc(CNCc2ccc(C)cc2)cc1Br.Cl. The van der Waals surface area contributed by atoms with Crippen LogP contribution in [0.5, 0.6) is 5.75 Å². The second-order valence-corrected chi connectivity index (χ2v) is 6.62. The van der Waals surface area contributed by atoms with Crippen LogP contribution >= 0.6 is 44.3 Å². The van der Waals surface area contributed by atoms with Crippen LogP contribution in [0.4, 0.5) is 0 Å². The first kappa shape index (κ1) is 19.5. The van der Waals surface area contributed by atoms with Gasteiger partial charge in [0.2, 0.25) is 0 Å². The van der Waals surface area contributed by atoms with Crippen molar-refractivity contribution in [2.45, 2.75) is 26.9 Å². The molecule has 2 aromatic rings. The minimum Gasteiger partial charge on any atom is -0.492 e. The average molecular weight is 450 g/mol. The van der Waals surface area contributed by atoms with Gasteiger partial charge in [-0.05, 0) is 69.0 Å². The van der Waals surface area contributed by atoms with Crippen molar-refractivity contribution >= 4 is 44.3 Å². The summed E-state index contributed by atoms with van der Waals surface area (Å²) in [6, 6.07) is 12.8. The molecule has 0 amide bonds. The lowest BCUT2D eigenvalue weighted by atomic mass is 10.1. The minimum absolute atomic E-state index is 0. The second kappa shape index (κ2) is 9.56. The van der Waals surface area contributed by atoms with Gasteiger partial charge in [-0.3, -0.25) is 0 Å². The zero-order chi connectivity index (χ0) is 15.2. The zero-order valence-electron chi connectivity index (χ0n) is 12.7. The molecule has 0 aliphatic carbocycles. The highest BCUT2D eigenvalue weighted by atomic mass is 79.9. The number of nitrogens with one attached hydrogen (secondary N) is 1. The molecule has 0 heterocycles. The Morgan fingerprint density at radius 1 is 0.955 bits per heavy atom. The predicted molar refractivity (Wildman–Crippen MR) is 102 cm³/mol. The first-order chi connectivity index (χ1) is 10.1. The van der Waals surface area contributed by atoms with E-state index in [4.69, 9.17) is 4.74 Å². The second-order valence-electron chi connectivity index (χ2n) is 4.91. The first-order valence-corrected chi connectivity index (χ1v) is 8.55. The quantitative estimate of drug-likeness (QED) is 0.617. The third-order valence-electron chi connectivity index (χ3n) is 3.13. The van der Waals surface area contributed by atoms with Gasteiger partial charge in [-0.2, -0.15) is 0 Å². The maximum atomic E-state index is 5.59. The topological polar surface area (TPSA) is 21.3 Å². The molecule has 0 bridgehead atoms. The Kier molecular flexibility index (Phi) is 8.47. The summed E-state index contributed by atoms with van der Waals surface area (Å²) in [7, 11) is 0. The largest absolute Gasteiger partial charge is 0.492 e. The van der Waals surface area contributed by atoms with Crippen LogP contribution in [0.15, 0.2) is 45.3 Å². The highest BCUT2D eigenvalue weighted by molar-refractivity contribution is 9.11. The van der Waals surface area contributed by atoms with Crippen LogP contribution in [0.1, 0.15) is 23.6 Å². The van der Waals surface area contributed by atoms with Gasteiger partial charge in [0, 0.05) is 13.1 Å². The zero-order valence-corrected chi connectivity index (χ0v) is 16.6. The number of rotatable bonds is 6.